The second kappa shape index (κ2) is 8.69. The summed E-state index contributed by atoms with van der Waals surface area (Å²) in [5.74, 6) is -0.845. The van der Waals surface area contributed by atoms with Gasteiger partial charge in [-0.1, -0.05) is 31.4 Å². The van der Waals surface area contributed by atoms with Crippen molar-refractivity contribution >= 4 is 5.97 Å². The average molecular weight is 154 g/mol. The molecule has 0 aromatic carbocycles. The fourth-order valence-electron chi connectivity index (χ4n) is 0.123. The molecule has 0 aliphatic carbocycles. The van der Waals surface area contributed by atoms with E-state index in [2.05, 4.69) is 13.2 Å². The molecule has 0 spiro atoms. The number of carbonyl (C=O) groups is 1. The van der Waals surface area contributed by atoms with Crippen molar-refractivity contribution in [1.29, 1.82) is 0 Å². The highest BCUT2D eigenvalue weighted by Crippen LogP contribution is 1.87. The number of carboxylic acid groups (broad SMARTS) is 1. The molecule has 2 nitrogen and oxygen atoms in total. The summed E-state index contributed by atoms with van der Waals surface area (Å²) in [4.78, 5) is 9.86. The van der Waals surface area contributed by atoms with E-state index < -0.39 is 5.97 Å². The first-order valence-electron chi connectivity index (χ1n) is 3.19. The lowest BCUT2D eigenvalue weighted by molar-refractivity contribution is -0.132. The van der Waals surface area contributed by atoms with Crippen molar-refractivity contribution in [3.8, 4) is 0 Å². The Labute approximate surface area is 67.6 Å². The van der Waals surface area contributed by atoms with Gasteiger partial charge in [-0.25, -0.2) is 4.79 Å². The van der Waals surface area contributed by atoms with Crippen LogP contribution in [0, 0.1) is 0 Å². The van der Waals surface area contributed by atoms with Crippen molar-refractivity contribution < 1.29 is 9.90 Å². The Hall–Kier alpha value is -1.31. The smallest absolute Gasteiger partial charge is 0.330 e. The minimum atomic E-state index is -0.845. The van der Waals surface area contributed by atoms with Gasteiger partial charge in [-0.2, -0.15) is 0 Å². The third-order valence-corrected chi connectivity index (χ3v) is 0.937. The molecule has 0 radical (unpaired) electrons. The van der Waals surface area contributed by atoms with Gasteiger partial charge in [0.1, 0.15) is 0 Å². The van der Waals surface area contributed by atoms with Gasteiger partial charge in [0.05, 0.1) is 0 Å². The van der Waals surface area contributed by atoms with Crippen molar-refractivity contribution in [2.75, 3.05) is 0 Å². The predicted molar refractivity (Wildman–Crippen MR) is 47.5 cm³/mol. The van der Waals surface area contributed by atoms with E-state index in [1.54, 1.807) is 32.1 Å². The Kier molecular flexibility index (Phi) is 9.78. The highest BCUT2D eigenvalue weighted by molar-refractivity contribution is 5.85. The predicted octanol–water partition coefficient (Wildman–Crippen LogP) is 2.40. The first-order chi connectivity index (χ1) is 5.09. The largest absolute Gasteiger partial charge is 0.478 e. The molecule has 0 aliphatic rings. The maximum atomic E-state index is 9.86. The number of hydrogen-bond acceptors (Lipinski definition) is 1. The topological polar surface area (TPSA) is 37.3 Å². The maximum Gasteiger partial charge on any atom is 0.330 e. The SMILES string of the molecule is C/C=C(\C)C(=O)O.C=CC=C. The van der Waals surface area contributed by atoms with Crippen LogP contribution in [0.5, 0.6) is 0 Å². The van der Waals surface area contributed by atoms with Gasteiger partial charge in [0.2, 0.25) is 0 Å². The summed E-state index contributed by atoms with van der Waals surface area (Å²) in [5, 5.41) is 8.11. The second-order valence-corrected chi connectivity index (χ2v) is 1.75. The highest BCUT2D eigenvalue weighted by atomic mass is 16.4. The monoisotopic (exact) mass is 154 g/mol. The van der Waals surface area contributed by atoms with Gasteiger partial charge in [0.25, 0.3) is 0 Å². The van der Waals surface area contributed by atoms with Crippen molar-refractivity contribution in [2.45, 2.75) is 13.8 Å². The Bertz CT molecular complexity index is 160. The van der Waals surface area contributed by atoms with Gasteiger partial charge < -0.3 is 5.11 Å². The Morgan fingerprint density at radius 1 is 1.36 bits per heavy atom. The maximum absolute atomic E-state index is 9.86. The van der Waals surface area contributed by atoms with E-state index in [4.69, 9.17) is 5.11 Å². The summed E-state index contributed by atoms with van der Waals surface area (Å²) in [6, 6.07) is 0. The quantitative estimate of drug-likeness (QED) is 0.489. The molecule has 0 aromatic heterocycles. The van der Waals surface area contributed by atoms with Crippen LogP contribution in [0.2, 0.25) is 0 Å². The second-order valence-electron chi connectivity index (χ2n) is 1.75. The molecule has 1 N–H and O–H groups in total. The zero-order valence-electron chi connectivity index (χ0n) is 7.00. The van der Waals surface area contributed by atoms with Crippen LogP contribution >= 0.6 is 0 Å². The molecule has 0 unspecified atom stereocenters. The zero-order valence-corrected chi connectivity index (χ0v) is 7.00. The molecule has 0 saturated heterocycles. The minimum Gasteiger partial charge on any atom is -0.478 e. The first-order valence-corrected chi connectivity index (χ1v) is 3.19. The Balaban J connectivity index is 0. The summed E-state index contributed by atoms with van der Waals surface area (Å²) < 4.78 is 0. The fraction of sp³-hybridized carbons (Fsp3) is 0.222. The van der Waals surface area contributed by atoms with Crippen LogP contribution in [-0.4, -0.2) is 11.1 Å². The highest BCUT2D eigenvalue weighted by Gasteiger charge is 1.93. The Morgan fingerprint density at radius 2 is 1.73 bits per heavy atom. The lowest BCUT2D eigenvalue weighted by Crippen LogP contribution is -1.93. The van der Waals surface area contributed by atoms with E-state index in [0.717, 1.165) is 0 Å². The van der Waals surface area contributed by atoms with Gasteiger partial charge in [0.15, 0.2) is 0 Å². The average Bonchev–Trinajstić information content (AvgIpc) is 2.03. The van der Waals surface area contributed by atoms with Gasteiger partial charge >= 0.3 is 5.97 Å². The molecule has 11 heavy (non-hydrogen) atoms. The third kappa shape index (κ3) is 12.0. The normalized spacial score (nSPS) is 9.09. The number of aliphatic carboxylic acids is 1. The van der Waals surface area contributed by atoms with Crippen LogP contribution in [0.25, 0.3) is 0 Å². The third-order valence-electron chi connectivity index (χ3n) is 0.937. The van der Waals surface area contributed by atoms with Crippen molar-refractivity contribution in [1.82, 2.24) is 0 Å². The van der Waals surface area contributed by atoms with E-state index in [1.807, 2.05) is 0 Å². The van der Waals surface area contributed by atoms with Gasteiger partial charge in [-0.05, 0) is 13.8 Å². The van der Waals surface area contributed by atoms with Crippen molar-refractivity contribution in [3.63, 3.8) is 0 Å². The molecule has 0 saturated carbocycles. The first kappa shape index (κ1) is 12.4. The van der Waals surface area contributed by atoms with E-state index in [1.165, 1.54) is 0 Å². The summed E-state index contributed by atoms with van der Waals surface area (Å²) in [6.07, 6.45) is 4.84. The molecule has 0 aromatic rings. The van der Waals surface area contributed by atoms with E-state index in [-0.39, 0.29) is 0 Å². The molecular formula is C9H14O2. The molecule has 0 heterocycles. The lowest BCUT2D eigenvalue weighted by Gasteiger charge is -1.84. The molecule has 0 aliphatic heterocycles. The van der Waals surface area contributed by atoms with Crippen LogP contribution in [0.3, 0.4) is 0 Å². The summed E-state index contributed by atoms with van der Waals surface area (Å²) in [7, 11) is 0. The number of hydrogen-bond donors (Lipinski definition) is 1. The standard InChI is InChI=1S/C5H8O2.C4H6/c1-3-4(2)5(6)7;1-3-4-2/h3H,1-2H3,(H,6,7);3-4H,1-2H2/b4-3+;. The Morgan fingerprint density at radius 3 is 1.73 bits per heavy atom. The molecule has 0 amide bonds. The van der Waals surface area contributed by atoms with Crippen LogP contribution in [-0.2, 0) is 4.79 Å². The van der Waals surface area contributed by atoms with Crippen LogP contribution in [0.15, 0.2) is 37.0 Å². The van der Waals surface area contributed by atoms with Crippen LogP contribution in [0.1, 0.15) is 13.8 Å². The fourth-order valence-corrected chi connectivity index (χ4v) is 0.123. The summed E-state index contributed by atoms with van der Waals surface area (Å²) >= 11 is 0. The van der Waals surface area contributed by atoms with Crippen LogP contribution < -0.4 is 0 Å². The van der Waals surface area contributed by atoms with E-state index in [9.17, 15) is 4.79 Å². The molecule has 0 atom stereocenters. The molecule has 0 bridgehead atoms. The number of carboxylic acids is 1. The molecule has 62 valence electrons. The van der Waals surface area contributed by atoms with Crippen molar-refractivity contribution in [3.05, 3.63) is 37.0 Å². The number of allylic oxidation sites excluding steroid dienone is 3. The van der Waals surface area contributed by atoms with E-state index in [0.29, 0.717) is 5.57 Å². The lowest BCUT2D eigenvalue weighted by atomic mass is 10.3. The summed E-state index contributed by atoms with van der Waals surface area (Å²) in [6.45, 7) is 9.98. The van der Waals surface area contributed by atoms with Crippen molar-refractivity contribution in [2.24, 2.45) is 0 Å². The minimum absolute atomic E-state index is 0.389. The molecule has 0 fully saturated rings. The molecule has 2 heteroatoms. The molecular weight excluding hydrogens is 140 g/mol. The summed E-state index contributed by atoms with van der Waals surface area (Å²) in [5.41, 5.74) is 0.389. The van der Waals surface area contributed by atoms with Gasteiger partial charge in [-0.3, -0.25) is 0 Å². The van der Waals surface area contributed by atoms with Gasteiger partial charge in [0, 0.05) is 5.57 Å². The zero-order chi connectivity index (χ0) is 9.28. The number of rotatable bonds is 2. The van der Waals surface area contributed by atoms with Crippen LogP contribution in [0.4, 0.5) is 0 Å². The van der Waals surface area contributed by atoms with Gasteiger partial charge in [-0.15, -0.1) is 0 Å². The molecule has 0 rings (SSSR count). The van der Waals surface area contributed by atoms with E-state index >= 15 is 0 Å².